The molecule has 19 heavy (non-hydrogen) atoms. The number of rotatable bonds is 4. The van der Waals surface area contributed by atoms with E-state index >= 15 is 0 Å². The average Bonchev–Trinajstić information content (AvgIpc) is 2.23. The Kier molecular flexibility index (Phi) is 4.95. The molecule has 1 unspecified atom stereocenters. The molecule has 0 spiro atoms. The van der Waals surface area contributed by atoms with Crippen LogP contribution in [-0.2, 0) is 0 Å². The summed E-state index contributed by atoms with van der Waals surface area (Å²) < 4.78 is 0. The number of aryl methyl sites for hydroxylation is 1. The molecule has 0 aliphatic rings. The van der Waals surface area contributed by atoms with Crippen LogP contribution in [0.1, 0.15) is 43.1 Å². The van der Waals surface area contributed by atoms with E-state index in [-0.39, 0.29) is 17.9 Å². The number of hydrogen-bond donors (Lipinski definition) is 3. The number of carbonyl (C=O) groups excluding carboxylic acids is 1. The topological polar surface area (TPSA) is 75.4 Å². The fourth-order valence-corrected chi connectivity index (χ4v) is 2.03. The van der Waals surface area contributed by atoms with Crippen LogP contribution < -0.4 is 11.1 Å². The highest BCUT2D eigenvalue weighted by Crippen LogP contribution is 2.20. The van der Waals surface area contributed by atoms with Gasteiger partial charge in [0.2, 0.25) is 0 Å². The van der Waals surface area contributed by atoms with E-state index in [1.807, 2.05) is 6.92 Å². The highest BCUT2D eigenvalue weighted by Gasteiger charge is 2.17. The van der Waals surface area contributed by atoms with Gasteiger partial charge in [0.25, 0.3) is 5.91 Å². The molecule has 1 atom stereocenters. The van der Waals surface area contributed by atoms with E-state index in [2.05, 4.69) is 26.1 Å². The minimum absolute atomic E-state index is 0.0429. The summed E-state index contributed by atoms with van der Waals surface area (Å²) in [5.74, 6) is -0.176. The van der Waals surface area contributed by atoms with Crippen molar-refractivity contribution in [1.82, 2.24) is 5.32 Å². The fraction of sp³-hybridized carbons (Fsp3) is 0.533. The van der Waals surface area contributed by atoms with Gasteiger partial charge in [-0.25, -0.2) is 0 Å². The smallest absolute Gasteiger partial charge is 0.251 e. The van der Waals surface area contributed by atoms with Gasteiger partial charge in [0.15, 0.2) is 0 Å². The summed E-state index contributed by atoms with van der Waals surface area (Å²) >= 11 is 0. The van der Waals surface area contributed by atoms with Crippen LogP contribution in [0, 0.1) is 12.3 Å². The Morgan fingerprint density at radius 3 is 2.58 bits per heavy atom. The summed E-state index contributed by atoms with van der Waals surface area (Å²) in [6, 6.07) is 5.17. The second-order valence-electron chi connectivity index (χ2n) is 6.20. The second-order valence-corrected chi connectivity index (χ2v) is 6.20. The number of carbonyl (C=O) groups is 1. The Labute approximate surface area is 115 Å². The molecule has 106 valence electrons. The molecule has 0 aliphatic carbocycles. The van der Waals surface area contributed by atoms with Gasteiger partial charge in [0, 0.05) is 17.8 Å². The van der Waals surface area contributed by atoms with Crippen LogP contribution in [0.25, 0.3) is 0 Å². The minimum Gasteiger partial charge on any atom is -0.399 e. The van der Waals surface area contributed by atoms with Crippen molar-refractivity contribution >= 4 is 11.6 Å². The number of hydrogen-bond acceptors (Lipinski definition) is 3. The Balaban J connectivity index is 2.56. The molecule has 1 amide bonds. The van der Waals surface area contributed by atoms with Crippen molar-refractivity contribution in [2.24, 2.45) is 5.41 Å². The third-order valence-corrected chi connectivity index (χ3v) is 2.84. The summed E-state index contributed by atoms with van der Waals surface area (Å²) in [5, 5.41) is 12.6. The van der Waals surface area contributed by atoms with E-state index in [1.54, 1.807) is 18.2 Å². The van der Waals surface area contributed by atoms with Crippen molar-refractivity contribution in [3.63, 3.8) is 0 Å². The standard InChI is InChI=1S/C15H24N2O2/c1-10-7-11(16)5-6-13(10)14(19)17-9-12(18)8-15(2,3)4/h5-7,12,18H,8-9,16H2,1-4H3,(H,17,19). The number of anilines is 1. The van der Waals surface area contributed by atoms with Gasteiger partial charge in [-0.15, -0.1) is 0 Å². The molecular weight excluding hydrogens is 240 g/mol. The molecule has 0 aliphatic heterocycles. The first kappa shape index (κ1) is 15.5. The van der Waals surface area contributed by atoms with Gasteiger partial charge in [0.1, 0.15) is 0 Å². The highest BCUT2D eigenvalue weighted by molar-refractivity contribution is 5.96. The first-order chi connectivity index (χ1) is 8.69. The second kappa shape index (κ2) is 6.06. The first-order valence-corrected chi connectivity index (χ1v) is 6.51. The Morgan fingerprint density at radius 1 is 1.42 bits per heavy atom. The normalized spacial score (nSPS) is 13.1. The minimum atomic E-state index is -0.530. The Morgan fingerprint density at radius 2 is 2.05 bits per heavy atom. The molecule has 0 saturated carbocycles. The van der Waals surface area contributed by atoms with Gasteiger partial charge >= 0.3 is 0 Å². The van der Waals surface area contributed by atoms with Crippen LogP contribution in [0.2, 0.25) is 0 Å². The van der Waals surface area contributed by atoms with Crippen LogP contribution in [0.3, 0.4) is 0 Å². The van der Waals surface area contributed by atoms with E-state index in [4.69, 9.17) is 5.73 Å². The van der Waals surface area contributed by atoms with Crippen molar-refractivity contribution in [2.75, 3.05) is 12.3 Å². The monoisotopic (exact) mass is 264 g/mol. The van der Waals surface area contributed by atoms with Gasteiger partial charge in [-0.1, -0.05) is 20.8 Å². The lowest BCUT2D eigenvalue weighted by Crippen LogP contribution is -2.34. The van der Waals surface area contributed by atoms with Gasteiger partial charge < -0.3 is 16.2 Å². The fourth-order valence-electron chi connectivity index (χ4n) is 2.03. The largest absolute Gasteiger partial charge is 0.399 e. The maximum absolute atomic E-state index is 12.0. The van der Waals surface area contributed by atoms with Gasteiger partial charge in [-0.05, 0) is 42.5 Å². The van der Waals surface area contributed by atoms with Gasteiger partial charge in [0.05, 0.1) is 6.10 Å². The number of benzene rings is 1. The number of aliphatic hydroxyl groups is 1. The molecule has 1 rings (SSSR count). The summed E-state index contributed by atoms with van der Waals surface area (Å²) in [6.07, 6.45) is 0.117. The predicted octanol–water partition coefficient (Wildman–Crippen LogP) is 2.10. The first-order valence-electron chi connectivity index (χ1n) is 6.51. The maximum Gasteiger partial charge on any atom is 0.251 e. The highest BCUT2D eigenvalue weighted by atomic mass is 16.3. The number of nitrogen functional groups attached to an aromatic ring is 1. The number of amides is 1. The van der Waals surface area contributed by atoms with Crippen LogP contribution in [0.15, 0.2) is 18.2 Å². The van der Waals surface area contributed by atoms with Crippen molar-refractivity contribution in [1.29, 1.82) is 0 Å². The van der Waals surface area contributed by atoms with Crippen LogP contribution in [-0.4, -0.2) is 23.7 Å². The lowest BCUT2D eigenvalue weighted by molar-refractivity contribution is 0.0868. The van der Waals surface area contributed by atoms with Gasteiger partial charge in [-0.2, -0.15) is 0 Å². The summed E-state index contributed by atoms with van der Waals surface area (Å²) in [5.41, 5.74) is 7.76. The van der Waals surface area contributed by atoms with Crippen LogP contribution >= 0.6 is 0 Å². The van der Waals surface area contributed by atoms with Crippen molar-refractivity contribution in [3.05, 3.63) is 29.3 Å². The maximum atomic E-state index is 12.0. The molecule has 0 fully saturated rings. The van der Waals surface area contributed by atoms with Crippen molar-refractivity contribution in [3.8, 4) is 0 Å². The number of aliphatic hydroxyl groups excluding tert-OH is 1. The molecule has 1 aromatic rings. The Bertz CT molecular complexity index is 450. The molecule has 0 heterocycles. The molecule has 0 saturated heterocycles. The zero-order valence-electron chi connectivity index (χ0n) is 12.2. The van der Waals surface area contributed by atoms with E-state index in [1.165, 1.54) is 0 Å². The Hall–Kier alpha value is -1.55. The SMILES string of the molecule is Cc1cc(N)ccc1C(=O)NCC(O)CC(C)(C)C. The summed E-state index contributed by atoms with van der Waals surface area (Å²) in [4.78, 5) is 12.0. The number of nitrogens with two attached hydrogens (primary N) is 1. The lowest BCUT2D eigenvalue weighted by Gasteiger charge is -2.22. The quantitative estimate of drug-likeness (QED) is 0.729. The summed E-state index contributed by atoms with van der Waals surface area (Å²) in [6.45, 7) is 8.28. The third kappa shape index (κ3) is 5.30. The summed E-state index contributed by atoms with van der Waals surface area (Å²) in [7, 11) is 0. The van der Waals surface area contributed by atoms with Crippen molar-refractivity contribution < 1.29 is 9.90 Å². The number of nitrogens with one attached hydrogen (secondary N) is 1. The molecule has 4 N–H and O–H groups in total. The molecule has 4 nitrogen and oxygen atoms in total. The van der Waals surface area contributed by atoms with Crippen LogP contribution in [0.4, 0.5) is 5.69 Å². The molecule has 1 aromatic carbocycles. The molecule has 0 aromatic heterocycles. The zero-order valence-corrected chi connectivity index (χ0v) is 12.2. The zero-order chi connectivity index (χ0) is 14.6. The molecular formula is C15H24N2O2. The molecule has 0 radical (unpaired) electrons. The average molecular weight is 264 g/mol. The van der Waals surface area contributed by atoms with Crippen LogP contribution in [0.5, 0.6) is 0 Å². The van der Waals surface area contributed by atoms with Gasteiger partial charge in [-0.3, -0.25) is 4.79 Å². The molecule has 0 bridgehead atoms. The lowest BCUT2D eigenvalue weighted by atomic mass is 9.89. The van der Waals surface area contributed by atoms with E-state index in [0.717, 1.165) is 5.56 Å². The van der Waals surface area contributed by atoms with E-state index in [9.17, 15) is 9.90 Å². The third-order valence-electron chi connectivity index (χ3n) is 2.84. The van der Waals surface area contributed by atoms with Crippen molar-refractivity contribution in [2.45, 2.75) is 40.2 Å². The predicted molar refractivity (Wildman–Crippen MR) is 78.0 cm³/mol. The van der Waals surface area contributed by atoms with E-state index in [0.29, 0.717) is 17.7 Å². The molecule has 4 heteroatoms. The van der Waals surface area contributed by atoms with E-state index < -0.39 is 6.10 Å².